The van der Waals surface area contributed by atoms with E-state index in [4.69, 9.17) is 9.97 Å². The molecular weight excluding hydrogens is 1120 g/mol. The molecule has 7 aromatic heterocycles. The van der Waals surface area contributed by atoms with Crippen LogP contribution in [0.5, 0.6) is 0 Å². The third-order valence-corrected chi connectivity index (χ3v) is 18.1. The van der Waals surface area contributed by atoms with Crippen LogP contribution in [0.15, 0.2) is 219 Å². The molecule has 92 heavy (non-hydrogen) atoms. The molecule has 0 fully saturated rings. The number of aromatic nitrogens is 8. The molecular formula is C84H86N8+4. The van der Waals surface area contributed by atoms with Crippen molar-refractivity contribution >= 4 is 46.4 Å². The van der Waals surface area contributed by atoms with Crippen molar-refractivity contribution in [3.8, 4) is 44.5 Å². The molecule has 8 nitrogen and oxygen atoms in total. The Bertz CT molecular complexity index is 4190. The second kappa shape index (κ2) is 24.4. The van der Waals surface area contributed by atoms with Crippen LogP contribution in [-0.2, 0) is 47.8 Å². The second-order valence-electron chi connectivity index (χ2n) is 29.4. The molecule has 8 bridgehead atoms. The van der Waals surface area contributed by atoms with Crippen LogP contribution < -0.4 is 18.3 Å². The maximum atomic E-state index is 5.76. The van der Waals surface area contributed by atoms with Crippen LogP contribution in [0.4, 0.5) is 0 Å². The highest BCUT2D eigenvalue weighted by Crippen LogP contribution is 2.39. The molecule has 2 aliphatic rings. The smallest absolute Gasteiger partial charge is 0.177 e. The molecule has 0 saturated carbocycles. The summed E-state index contributed by atoms with van der Waals surface area (Å²) >= 11 is 0. The van der Waals surface area contributed by atoms with Gasteiger partial charge in [-0.2, -0.15) is 0 Å². The summed E-state index contributed by atoms with van der Waals surface area (Å²) in [4.78, 5) is 19.6. The van der Waals surface area contributed by atoms with Crippen molar-refractivity contribution in [2.24, 2.45) is 0 Å². The molecule has 0 saturated heterocycles. The molecule has 0 aliphatic carbocycles. The first kappa shape index (κ1) is 61.0. The molecule has 2 N–H and O–H groups in total. The van der Waals surface area contributed by atoms with Crippen LogP contribution in [0.1, 0.15) is 150 Å². The molecule has 458 valence electrons. The Kier molecular flexibility index (Phi) is 16.1. The number of aromatic amines is 2. The maximum Gasteiger partial charge on any atom is 0.177 e. The summed E-state index contributed by atoms with van der Waals surface area (Å²) in [5.41, 5.74) is 25.9. The molecule has 2 aliphatic heterocycles. The average molecular weight is 1210 g/mol. The Labute approximate surface area is 543 Å². The third-order valence-electron chi connectivity index (χ3n) is 18.1. The average Bonchev–Trinajstić information content (AvgIpc) is 1.62. The summed E-state index contributed by atoms with van der Waals surface area (Å²) in [5, 5.41) is 0. The fourth-order valence-corrected chi connectivity index (χ4v) is 12.8. The zero-order chi connectivity index (χ0) is 64.1. The fraction of sp³-hybridized carbons (Fsp3) is 0.238. The van der Waals surface area contributed by atoms with Gasteiger partial charge in [-0.05, 0) is 117 Å². The Morgan fingerprint density at radius 1 is 0.272 bits per heavy atom. The number of rotatable bonds is 12. The summed E-state index contributed by atoms with van der Waals surface area (Å²) in [7, 11) is 0. The van der Waals surface area contributed by atoms with Gasteiger partial charge < -0.3 is 9.97 Å². The van der Waals surface area contributed by atoms with E-state index < -0.39 is 0 Å². The number of hydrogen-bond acceptors (Lipinski definition) is 2. The minimum atomic E-state index is 0.0699. The molecule has 0 atom stereocenters. The highest BCUT2D eigenvalue weighted by molar-refractivity contribution is 5.99. The van der Waals surface area contributed by atoms with Crippen molar-refractivity contribution in [1.82, 2.24) is 19.9 Å². The highest BCUT2D eigenvalue weighted by Gasteiger charge is 2.25. The maximum absolute atomic E-state index is 5.76. The minimum Gasteiger partial charge on any atom is -0.354 e. The lowest BCUT2D eigenvalue weighted by atomic mass is 9.87. The molecule has 0 spiro atoms. The zero-order valence-electron chi connectivity index (χ0n) is 55.6. The summed E-state index contributed by atoms with van der Waals surface area (Å²) in [6, 6.07) is 62.7. The van der Waals surface area contributed by atoms with Crippen molar-refractivity contribution < 1.29 is 18.3 Å². The number of benzene rings is 4. The molecule has 0 amide bonds. The van der Waals surface area contributed by atoms with E-state index in [1.54, 1.807) is 0 Å². The molecule has 9 heterocycles. The Morgan fingerprint density at radius 3 is 0.674 bits per heavy atom. The third kappa shape index (κ3) is 13.3. The molecule has 11 aromatic rings. The van der Waals surface area contributed by atoms with Crippen LogP contribution >= 0.6 is 0 Å². The molecule has 8 heteroatoms. The SMILES string of the molecule is CC(C)(C)c1ccc(C[n+]2cccc(-c3c4nc(c(-c5ccc[n+](Cc6ccc(C(C)(C)C)cc6)c5)c5ccc([nH]5)c(-c5ccc[n+](Cc6ccc(C(C)(C)C)cc6)c5)c5nc(c(-c6ccc[n+](Cc7ccc(C(C)(C)C)cc7)c6)c6ccc3[nH]6)C=C5)C=C4)c2)cc1. The summed E-state index contributed by atoms with van der Waals surface area (Å²) in [6.45, 7) is 30.1. The quantitative estimate of drug-likeness (QED) is 0.120. The Morgan fingerprint density at radius 2 is 0.478 bits per heavy atom. The first-order valence-corrected chi connectivity index (χ1v) is 32.5. The zero-order valence-corrected chi connectivity index (χ0v) is 55.6. The Hall–Kier alpha value is -9.92. The number of nitrogens with one attached hydrogen (secondary N) is 2. The van der Waals surface area contributed by atoms with Crippen LogP contribution in [0.2, 0.25) is 0 Å². The van der Waals surface area contributed by atoms with Gasteiger partial charge in [0.1, 0.15) is 0 Å². The predicted octanol–water partition coefficient (Wildman–Crippen LogP) is 17.9. The first-order valence-electron chi connectivity index (χ1n) is 32.5. The normalized spacial score (nSPS) is 12.7. The van der Waals surface area contributed by atoms with E-state index in [0.717, 1.165) is 89.4 Å². The van der Waals surface area contributed by atoms with E-state index in [2.05, 4.69) is 355 Å². The number of fused-ring (bicyclic) bond motifs is 8. The lowest BCUT2D eigenvalue weighted by Crippen LogP contribution is -2.33. The van der Waals surface area contributed by atoms with Gasteiger partial charge in [0.15, 0.2) is 75.8 Å². The van der Waals surface area contributed by atoms with Crippen molar-refractivity contribution in [3.05, 3.63) is 287 Å². The number of pyridine rings is 4. The van der Waals surface area contributed by atoms with Gasteiger partial charge in [0.2, 0.25) is 0 Å². The topological polar surface area (TPSA) is 72.9 Å². The molecule has 4 aromatic carbocycles. The number of nitrogens with zero attached hydrogens (tertiary/aromatic N) is 6. The van der Waals surface area contributed by atoms with Gasteiger partial charge in [-0.15, -0.1) is 0 Å². The van der Waals surface area contributed by atoms with E-state index in [-0.39, 0.29) is 21.7 Å². The highest BCUT2D eigenvalue weighted by atomic mass is 14.9. The van der Waals surface area contributed by atoms with Crippen LogP contribution in [-0.4, -0.2) is 19.9 Å². The molecule has 0 radical (unpaired) electrons. The van der Waals surface area contributed by atoms with Gasteiger partial charge in [-0.1, -0.05) is 180 Å². The van der Waals surface area contributed by atoms with E-state index in [1.807, 2.05) is 0 Å². The Balaban J connectivity index is 1.04. The first-order chi connectivity index (χ1) is 44.0. The van der Waals surface area contributed by atoms with Crippen molar-refractivity contribution in [1.29, 1.82) is 0 Å². The van der Waals surface area contributed by atoms with Gasteiger partial charge in [-0.3, -0.25) is 0 Å². The number of H-pyrrole nitrogens is 2. The van der Waals surface area contributed by atoms with Gasteiger partial charge in [0.25, 0.3) is 0 Å². The van der Waals surface area contributed by atoms with E-state index >= 15 is 0 Å². The summed E-state index contributed by atoms with van der Waals surface area (Å²) in [5.74, 6) is 0. The van der Waals surface area contributed by atoms with Gasteiger partial charge in [0.05, 0.1) is 22.8 Å². The van der Waals surface area contributed by atoms with Crippen molar-refractivity contribution in [2.45, 2.75) is 131 Å². The summed E-state index contributed by atoms with van der Waals surface area (Å²) in [6.07, 6.45) is 26.5. The monoisotopic (exact) mass is 1210 g/mol. The van der Waals surface area contributed by atoms with Crippen LogP contribution in [0.25, 0.3) is 90.9 Å². The standard InChI is InChI=1S/C84H86N8/c1-81(2,3)65-29-21-57(22-30-65)49-89-45-13-17-61(53-89)77-69-37-39-71(85-69)78(62-18-14-46-90(54-62)50-58-23-31-66(32-24-58)82(4,5)6)73-41-43-75(87-73)80(64-20-16-48-92(56-64)52-60-27-35-68(36-28-60)84(10,11)12)76-44-42-74(88-76)79(72-40-38-70(77)86-72)63-19-15-47-91(55-63)51-59-25-33-67(34-26-59)83(7,8)9/h13-48,53-56,85,88H,49-52H2,1-12H3/q+4. The van der Waals surface area contributed by atoms with Gasteiger partial charge in [0, 0.05) is 113 Å². The number of hydrogen-bond donors (Lipinski definition) is 2. The minimum absolute atomic E-state index is 0.0699. The summed E-state index contributed by atoms with van der Waals surface area (Å²) < 4.78 is 9.16. The fourth-order valence-electron chi connectivity index (χ4n) is 12.8. The predicted molar refractivity (Wildman–Crippen MR) is 378 cm³/mol. The van der Waals surface area contributed by atoms with Gasteiger partial charge in [-0.25, -0.2) is 28.2 Å². The van der Waals surface area contributed by atoms with E-state index in [9.17, 15) is 0 Å². The lowest BCUT2D eigenvalue weighted by Gasteiger charge is -2.18. The second-order valence-corrected chi connectivity index (χ2v) is 29.4. The lowest BCUT2D eigenvalue weighted by molar-refractivity contribution is -0.688. The molecule has 13 rings (SSSR count). The van der Waals surface area contributed by atoms with Crippen molar-refractivity contribution in [2.75, 3.05) is 0 Å². The molecule has 0 unspecified atom stereocenters. The van der Waals surface area contributed by atoms with Gasteiger partial charge >= 0.3 is 0 Å². The van der Waals surface area contributed by atoms with E-state index in [1.165, 1.54) is 44.5 Å². The van der Waals surface area contributed by atoms with Crippen molar-refractivity contribution in [3.63, 3.8) is 0 Å². The van der Waals surface area contributed by atoms with E-state index in [0.29, 0.717) is 26.2 Å². The van der Waals surface area contributed by atoms with Crippen LogP contribution in [0, 0.1) is 0 Å². The van der Waals surface area contributed by atoms with Crippen LogP contribution in [0.3, 0.4) is 0 Å². The largest absolute Gasteiger partial charge is 0.354 e.